The number of nitrogens with two attached hydrogens (primary N) is 1. The second-order valence-electron chi connectivity index (χ2n) is 10.8. The summed E-state index contributed by atoms with van der Waals surface area (Å²) in [6.07, 6.45) is 2.22. The fourth-order valence-electron chi connectivity index (χ4n) is 5.19. The van der Waals surface area contributed by atoms with Crippen LogP contribution < -0.4 is 25.4 Å². The van der Waals surface area contributed by atoms with Crippen LogP contribution in [0, 0.1) is 11.6 Å². The molecule has 0 saturated carbocycles. The zero-order valence-electron chi connectivity index (χ0n) is 24.8. The second kappa shape index (κ2) is 13.9. The first-order valence-electron chi connectivity index (χ1n) is 14.3. The number of amides is 3. The molecule has 1 aromatic heterocycles. The minimum Gasteiger partial charge on any atom is -0.439 e. The molecule has 0 atom stereocenters. The van der Waals surface area contributed by atoms with Gasteiger partial charge in [0.15, 0.2) is 0 Å². The quantitative estimate of drug-likeness (QED) is 0.210. The monoisotopic (exact) mass is 650 g/mol. The van der Waals surface area contributed by atoms with Gasteiger partial charge >= 0.3 is 6.03 Å². The SMILES string of the molecule is CS(=O)(=O)Nc1ccc(Oc2cccc(CN3CCC(N(C(=O)Nc4ccc(F)c(C(N)=O)c4)c4cccc(F)c4)CC3)n2)cc1. The molecule has 1 fully saturated rings. The van der Waals surface area contributed by atoms with Crippen molar-refractivity contribution in [1.82, 2.24) is 9.88 Å². The molecule has 240 valence electrons. The number of sulfonamides is 1. The molecular weight excluding hydrogens is 618 g/mol. The zero-order valence-corrected chi connectivity index (χ0v) is 25.6. The lowest BCUT2D eigenvalue weighted by molar-refractivity contribution is 0.0996. The molecular formula is C32H32F2N6O5S. The number of piperidine rings is 1. The lowest BCUT2D eigenvalue weighted by Crippen LogP contribution is -2.49. The maximum atomic E-state index is 14.2. The number of nitrogens with zero attached hydrogens (tertiary/aromatic N) is 3. The van der Waals surface area contributed by atoms with Gasteiger partial charge in [0, 0.05) is 48.8 Å². The number of likely N-dealkylation sites (tertiary alicyclic amines) is 1. The number of nitrogens with one attached hydrogen (secondary N) is 2. The summed E-state index contributed by atoms with van der Waals surface area (Å²) in [4.78, 5) is 33.4. The Morgan fingerprint density at radius 3 is 2.35 bits per heavy atom. The summed E-state index contributed by atoms with van der Waals surface area (Å²) in [6, 6.07) is 20.3. The molecule has 46 heavy (non-hydrogen) atoms. The van der Waals surface area contributed by atoms with E-state index >= 15 is 0 Å². The number of benzene rings is 3. The first-order valence-corrected chi connectivity index (χ1v) is 16.2. The van der Waals surface area contributed by atoms with Crippen molar-refractivity contribution in [3.05, 3.63) is 108 Å². The smallest absolute Gasteiger partial charge is 0.326 e. The van der Waals surface area contributed by atoms with Gasteiger partial charge < -0.3 is 15.8 Å². The van der Waals surface area contributed by atoms with E-state index in [1.165, 1.54) is 29.2 Å². The molecule has 14 heteroatoms. The van der Waals surface area contributed by atoms with Gasteiger partial charge in [0.25, 0.3) is 5.91 Å². The minimum absolute atomic E-state index is 0.175. The maximum Gasteiger partial charge on any atom is 0.326 e. The van der Waals surface area contributed by atoms with Crippen LogP contribution in [0.1, 0.15) is 28.9 Å². The summed E-state index contributed by atoms with van der Waals surface area (Å²) in [5.41, 5.74) is 6.62. The van der Waals surface area contributed by atoms with Gasteiger partial charge in [-0.25, -0.2) is 27.0 Å². The van der Waals surface area contributed by atoms with Crippen LogP contribution in [0.2, 0.25) is 0 Å². The summed E-state index contributed by atoms with van der Waals surface area (Å²) < 4.78 is 59.3. The predicted octanol–water partition coefficient (Wildman–Crippen LogP) is 5.33. The Kier molecular flexibility index (Phi) is 9.78. The average molecular weight is 651 g/mol. The molecule has 5 rings (SSSR count). The number of primary amides is 1. The van der Waals surface area contributed by atoms with Gasteiger partial charge in [0.1, 0.15) is 17.4 Å². The lowest BCUT2D eigenvalue weighted by atomic mass is 10.0. The fourth-order valence-corrected chi connectivity index (χ4v) is 5.75. The van der Waals surface area contributed by atoms with E-state index in [4.69, 9.17) is 10.5 Å². The molecule has 3 amide bonds. The molecule has 0 aliphatic carbocycles. The molecule has 0 bridgehead atoms. The van der Waals surface area contributed by atoms with E-state index in [9.17, 15) is 26.8 Å². The first kappa shape index (κ1) is 32.3. The number of carbonyl (C=O) groups is 2. The number of carbonyl (C=O) groups excluding carboxylic acids is 2. The number of rotatable bonds is 10. The topological polar surface area (TPSA) is 147 Å². The van der Waals surface area contributed by atoms with Crippen molar-refractivity contribution >= 4 is 39.0 Å². The number of urea groups is 1. The lowest BCUT2D eigenvalue weighted by Gasteiger charge is -2.38. The summed E-state index contributed by atoms with van der Waals surface area (Å²) >= 11 is 0. The molecule has 4 aromatic rings. The van der Waals surface area contributed by atoms with Crippen LogP contribution in [0.3, 0.4) is 0 Å². The molecule has 1 aliphatic heterocycles. The number of hydrogen-bond donors (Lipinski definition) is 3. The number of halogens is 2. The van der Waals surface area contributed by atoms with Crippen LogP contribution in [-0.4, -0.2) is 55.6 Å². The Morgan fingerprint density at radius 2 is 1.67 bits per heavy atom. The molecule has 4 N–H and O–H groups in total. The third kappa shape index (κ3) is 8.55. The average Bonchev–Trinajstić information content (AvgIpc) is 2.99. The van der Waals surface area contributed by atoms with Gasteiger partial charge in [0.2, 0.25) is 15.9 Å². The number of aromatic nitrogens is 1. The highest BCUT2D eigenvalue weighted by Gasteiger charge is 2.30. The zero-order chi connectivity index (χ0) is 32.8. The second-order valence-corrected chi connectivity index (χ2v) is 12.6. The van der Waals surface area contributed by atoms with Crippen molar-refractivity contribution in [2.45, 2.75) is 25.4 Å². The maximum absolute atomic E-state index is 14.2. The Labute approximate surface area is 265 Å². The summed E-state index contributed by atoms with van der Waals surface area (Å²) in [5.74, 6) is -1.39. The summed E-state index contributed by atoms with van der Waals surface area (Å²) in [6.45, 7) is 1.76. The van der Waals surface area contributed by atoms with Crippen molar-refractivity contribution < 1.29 is 31.5 Å². The van der Waals surface area contributed by atoms with Crippen LogP contribution in [0.5, 0.6) is 11.6 Å². The van der Waals surface area contributed by atoms with Crippen molar-refractivity contribution in [1.29, 1.82) is 0 Å². The van der Waals surface area contributed by atoms with Crippen LogP contribution in [0.15, 0.2) is 84.9 Å². The summed E-state index contributed by atoms with van der Waals surface area (Å²) in [5, 5.41) is 2.69. The number of pyridine rings is 1. The fraction of sp³-hybridized carbons (Fsp3) is 0.219. The molecule has 0 spiro atoms. The number of hydrogen-bond acceptors (Lipinski definition) is 7. The Morgan fingerprint density at radius 1 is 0.978 bits per heavy atom. The molecule has 1 saturated heterocycles. The molecule has 11 nitrogen and oxygen atoms in total. The van der Waals surface area contributed by atoms with E-state index in [1.807, 2.05) is 12.1 Å². The van der Waals surface area contributed by atoms with Crippen molar-refractivity contribution in [2.24, 2.45) is 5.73 Å². The highest BCUT2D eigenvalue weighted by atomic mass is 32.2. The van der Waals surface area contributed by atoms with Crippen LogP contribution in [0.4, 0.5) is 30.6 Å². The molecule has 3 aromatic carbocycles. The highest BCUT2D eigenvalue weighted by Crippen LogP contribution is 2.28. The van der Waals surface area contributed by atoms with Crippen molar-refractivity contribution in [3.8, 4) is 11.6 Å². The van der Waals surface area contributed by atoms with E-state index < -0.39 is 33.6 Å². The normalized spacial score (nSPS) is 14.0. The van der Waals surface area contributed by atoms with Gasteiger partial charge in [0.05, 0.1) is 17.5 Å². The molecule has 0 unspecified atom stereocenters. The van der Waals surface area contributed by atoms with Crippen molar-refractivity contribution in [2.75, 3.05) is 34.3 Å². The Bertz CT molecular complexity index is 1830. The molecule has 1 aliphatic rings. The largest absolute Gasteiger partial charge is 0.439 e. The summed E-state index contributed by atoms with van der Waals surface area (Å²) in [7, 11) is -3.39. The van der Waals surface area contributed by atoms with E-state index in [-0.39, 0.29) is 17.3 Å². The van der Waals surface area contributed by atoms with E-state index in [2.05, 4.69) is 19.9 Å². The predicted molar refractivity (Wildman–Crippen MR) is 170 cm³/mol. The van der Waals surface area contributed by atoms with Gasteiger partial charge in [-0.15, -0.1) is 0 Å². The van der Waals surface area contributed by atoms with E-state index in [1.54, 1.807) is 36.4 Å². The van der Waals surface area contributed by atoms with Crippen LogP contribution in [-0.2, 0) is 16.6 Å². The van der Waals surface area contributed by atoms with Gasteiger partial charge in [-0.05, 0) is 79.6 Å². The number of ether oxygens (including phenoxy) is 1. The van der Waals surface area contributed by atoms with E-state index in [0.29, 0.717) is 55.5 Å². The van der Waals surface area contributed by atoms with Gasteiger partial charge in [-0.2, -0.15) is 0 Å². The van der Waals surface area contributed by atoms with Gasteiger partial charge in [-0.1, -0.05) is 12.1 Å². The first-order chi connectivity index (χ1) is 21.9. The highest BCUT2D eigenvalue weighted by molar-refractivity contribution is 7.92. The van der Waals surface area contributed by atoms with Crippen LogP contribution >= 0.6 is 0 Å². The minimum atomic E-state index is -3.39. The third-order valence-corrected chi connectivity index (χ3v) is 7.86. The van der Waals surface area contributed by atoms with E-state index in [0.717, 1.165) is 24.1 Å². The standard InChI is InChI=1S/C32H32F2N6O5S/c1-46(43,44)38-22-8-11-27(12-9-22)45-30-7-3-5-24(36-30)20-39-16-14-25(15-17-39)40(26-6-2-4-21(33)18-26)32(42)37-23-10-13-29(34)28(19-23)31(35)41/h2-13,18-19,25,38H,14-17,20H2,1H3,(H2,35,41)(H,37,42). The Balaban J connectivity index is 1.23. The molecule has 0 radical (unpaired) electrons. The van der Waals surface area contributed by atoms with Crippen LogP contribution in [0.25, 0.3) is 0 Å². The molecule has 2 heterocycles. The third-order valence-electron chi connectivity index (χ3n) is 7.26. The van der Waals surface area contributed by atoms with Gasteiger partial charge in [-0.3, -0.25) is 19.3 Å². The Hall–Kier alpha value is -5.08. The van der Waals surface area contributed by atoms with Crippen molar-refractivity contribution in [3.63, 3.8) is 0 Å². The number of anilines is 3.